The SMILES string of the molecule is O=C(Cn1nc2ccccc2n1)N1[C@@H]2CC[C@H]1CC1(C2)CN(CC2CC2)CCO1. The summed E-state index contributed by atoms with van der Waals surface area (Å²) in [5.74, 6) is 1.07. The second kappa shape index (κ2) is 6.77. The highest BCUT2D eigenvalue weighted by molar-refractivity contribution is 5.78. The molecule has 0 N–H and O–H groups in total. The molecule has 1 aliphatic carbocycles. The van der Waals surface area contributed by atoms with Crippen molar-refractivity contribution < 1.29 is 9.53 Å². The number of hydrogen-bond acceptors (Lipinski definition) is 5. The third-order valence-corrected chi connectivity index (χ3v) is 7.27. The van der Waals surface area contributed by atoms with Crippen molar-refractivity contribution in [3.05, 3.63) is 24.3 Å². The maximum atomic E-state index is 13.2. The maximum absolute atomic E-state index is 13.2. The van der Waals surface area contributed by atoms with Crippen molar-refractivity contribution in [3.8, 4) is 0 Å². The fourth-order valence-corrected chi connectivity index (χ4v) is 5.88. The van der Waals surface area contributed by atoms with Crippen molar-refractivity contribution in [1.29, 1.82) is 0 Å². The van der Waals surface area contributed by atoms with Crippen LogP contribution >= 0.6 is 0 Å². The predicted octanol–water partition coefficient (Wildman–Crippen LogP) is 2.07. The minimum absolute atomic E-state index is 0.0472. The minimum atomic E-state index is -0.0472. The van der Waals surface area contributed by atoms with Gasteiger partial charge in [0.1, 0.15) is 17.6 Å². The lowest BCUT2D eigenvalue weighted by molar-refractivity contribution is -0.163. The highest BCUT2D eigenvalue weighted by Crippen LogP contribution is 2.44. The van der Waals surface area contributed by atoms with Gasteiger partial charge in [-0.3, -0.25) is 9.69 Å². The van der Waals surface area contributed by atoms with Gasteiger partial charge in [-0.15, -0.1) is 0 Å². The van der Waals surface area contributed by atoms with Gasteiger partial charge in [0.15, 0.2) is 0 Å². The van der Waals surface area contributed by atoms with Crippen molar-refractivity contribution in [2.45, 2.75) is 62.8 Å². The zero-order valence-corrected chi connectivity index (χ0v) is 16.9. The van der Waals surface area contributed by atoms with E-state index in [0.717, 1.165) is 62.3 Å². The Labute approximate surface area is 171 Å². The summed E-state index contributed by atoms with van der Waals surface area (Å²) in [6.45, 7) is 4.41. The lowest BCUT2D eigenvalue weighted by Crippen LogP contribution is -2.61. The number of morpholine rings is 1. The van der Waals surface area contributed by atoms with E-state index >= 15 is 0 Å². The largest absolute Gasteiger partial charge is 0.372 e. The number of fused-ring (bicyclic) bond motifs is 3. The Morgan fingerprint density at radius 2 is 1.76 bits per heavy atom. The van der Waals surface area contributed by atoms with E-state index in [2.05, 4.69) is 20.0 Å². The second-order valence-corrected chi connectivity index (χ2v) is 9.52. The zero-order chi connectivity index (χ0) is 19.4. The van der Waals surface area contributed by atoms with Gasteiger partial charge in [0.2, 0.25) is 5.91 Å². The van der Waals surface area contributed by atoms with E-state index in [-0.39, 0.29) is 18.1 Å². The number of carbonyl (C=O) groups is 1. The van der Waals surface area contributed by atoms with E-state index in [1.807, 2.05) is 24.3 Å². The molecule has 2 aromatic rings. The molecular formula is C22H29N5O2. The molecule has 7 heteroatoms. The summed E-state index contributed by atoms with van der Waals surface area (Å²) >= 11 is 0. The number of amides is 1. The van der Waals surface area contributed by atoms with Crippen LogP contribution in [0.1, 0.15) is 38.5 Å². The topological polar surface area (TPSA) is 63.5 Å². The minimum Gasteiger partial charge on any atom is -0.372 e. The molecule has 3 atom stereocenters. The lowest BCUT2D eigenvalue weighted by Gasteiger charge is -2.50. The van der Waals surface area contributed by atoms with Gasteiger partial charge in [0.05, 0.1) is 12.2 Å². The number of rotatable bonds is 4. The summed E-state index contributed by atoms with van der Waals surface area (Å²) in [7, 11) is 0. The maximum Gasteiger partial charge on any atom is 0.246 e. The number of hydrogen-bond donors (Lipinski definition) is 0. The quantitative estimate of drug-likeness (QED) is 0.793. The molecule has 3 saturated heterocycles. The summed E-state index contributed by atoms with van der Waals surface area (Å²) < 4.78 is 6.40. The van der Waals surface area contributed by atoms with Crippen LogP contribution in [0.15, 0.2) is 24.3 Å². The normalized spacial score (nSPS) is 32.3. The third-order valence-electron chi connectivity index (χ3n) is 7.27. The molecule has 4 aliphatic rings. The third kappa shape index (κ3) is 3.34. The number of aromatic nitrogens is 3. The number of carbonyl (C=O) groups excluding carboxylic acids is 1. The molecule has 1 spiro atoms. The van der Waals surface area contributed by atoms with E-state index in [1.54, 1.807) is 4.80 Å². The van der Waals surface area contributed by atoms with E-state index in [0.29, 0.717) is 12.1 Å². The van der Waals surface area contributed by atoms with Crippen molar-refractivity contribution in [2.75, 3.05) is 26.2 Å². The van der Waals surface area contributed by atoms with Gasteiger partial charge < -0.3 is 9.64 Å². The van der Waals surface area contributed by atoms with Crippen molar-refractivity contribution in [2.24, 2.45) is 5.92 Å². The van der Waals surface area contributed by atoms with Crippen molar-refractivity contribution in [3.63, 3.8) is 0 Å². The summed E-state index contributed by atoms with van der Waals surface area (Å²) in [4.78, 5) is 19.5. The average molecular weight is 396 g/mol. The van der Waals surface area contributed by atoms with Crippen LogP contribution in [0.25, 0.3) is 11.0 Å². The van der Waals surface area contributed by atoms with Gasteiger partial charge in [-0.1, -0.05) is 12.1 Å². The molecule has 1 saturated carbocycles. The molecule has 3 aliphatic heterocycles. The molecule has 7 nitrogen and oxygen atoms in total. The van der Waals surface area contributed by atoms with Crippen LogP contribution < -0.4 is 0 Å². The fraction of sp³-hybridized carbons (Fsp3) is 0.682. The number of nitrogens with zero attached hydrogens (tertiary/aromatic N) is 5. The Bertz CT molecular complexity index is 876. The van der Waals surface area contributed by atoms with Crippen LogP contribution in [-0.4, -0.2) is 74.6 Å². The van der Waals surface area contributed by atoms with Crippen LogP contribution in [0.4, 0.5) is 0 Å². The first-order valence-electron chi connectivity index (χ1n) is 11.1. The van der Waals surface area contributed by atoms with Crippen LogP contribution in [0.3, 0.4) is 0 Å². The Kier molecular flexibility index (Phi) is 4.17. The molecule has 4 heterocycles. The molecule has 1 unspecified atom stereocenters. The van der Waals surface area contributed by atoms with Gasteiger partial charge in [-0.05, 0) is 56.6 Å². The summed E-state index contributed by atoms with van der Waals surface area (Å²) in [5, 5.41) is 8.94. The summed E-state index contributed by atoms with van der Waals surface area (Å²) in [6, 6.07) is 8.37. The molecule has 2 bridgehead atoms. The first-order valence-corrected chi connectivity index (χ1v) is 11.1. The Balaban J connectivity index is 1.15. The molecule has 0 radical (unpaired) electrons. The summed E-state index contributed by atoms with van der Waals surface area (Å²) in [5.41, 5.74) is 1.63. The van der Waals surface area contributed by atoms with E-state index in [4.69, 9.17) is 4.74 Å². The van der Waals surface area contributed by atoms with Gasteiger partial charge in [-0.2, -0.15) is 15.0 Å². The number of piperidine rings is 1. The highest BCUT2D eigenvalue weighted by atomic mass is 16.5. The fourth-order valence-electron chi connectivity index (χ4n) is 5.88. The molecule has 4 fully saturated rings. The van der Waals surface area contributed by atoms with Crippen molar-refractivity contribution >= 4 is 16.9 Å². The Hall–Kier alpha value is -1.99. The highest BCUT2D eigenvalue weighted by Gasteiger charge is 2.52. The van der Waals surface area contributed by atoms with E-state index in [1.165, 1.54) is 19.4 Å². The Morgan fingerprint density at radius 1 is 1.07 bits per heavy atom. The van der Waals surface area contributed by atoms with Gasteiger partial charge >= 0.3 is 0 Å². The molecule has 1 aromatic carbocycles. The second-order valence-electron chi connectivity index (χ2n) is 9.52. The average Bonchev–Trinajstić information content (AvgIpc) is 3.34. The van der Waals surface area contributed by atoms with Gasteiger partial charge in [-0.25, -0.2) is 0 Å². The zero-order valence-electron chi connectivity index (χ0n) is 16.9. The summed E-state index contributed by atoms with van der Waals surface area (Å²) in [6.07, 6.45) is 6.94. The smallest absolute Gasteiger partial charge is 0.246 e. The number of ether oxygens (including phenoxy) is 1. The van der Waals surface area contributed by atoms with E-state index < -0.39 is 0 Å². The lowest BCUT2D eigenvalue weighted by atomic mass is 9.84. The standard InChI is InChI=1S/C22H29N5O2/c28-21(14-26-23-19-3-1-2-4-20(19)24-26)27-17-7-8-18(27)12-22(11-17)15-25(9-10-29-22)13-16-5-6-16/h1-4,16-18H,5-15H2/t17-,18+,22?. The van der Waals surface area contributed by atoms with Gasteiger partial charge in [0, 0.05) is 31.7 Å². The van der Waals surface area contributed by atoms with Crippen LogP contribution in [-0.2, 0) is 16.1 Å². The molecule has 29 heavy (non-hydrogen) atoms. The monoisotopic (exact) mass is 395 g/mol. The van der Waals surface area contributed by atoms with Crippen LogP contribution in [0.5, 0.6) is 0 Å². The first kappa shape index (κ1) is 17.8. The van der Waals surface area contributed by atoms with Crippen molar-refractivity contribution in [1.82, 2.24) is 24.8 Å². The number of benzene rings is 1. The first-order chi connectivity index (χ1) is 14.2. The Morgan fingerprint density at radius 3 is 2.41 bits per heavy atom. The van der Waals surface area contributed by atoms with Crippen LogP contribution in [0.2, 0.25) is 0 Å². The molecule has 1 amide bonds. The molecule has 154 valence electrons. The molecular weight excluding hydrogens is 366 g/mol. The molecule has 1 aromatic heterocycles. The molecule has 6 rings (SSSR count). The van der Waals surface area contributed by atoms with Crippen LogP contribution in [0, 0.1) is 5.92 Å². The van der Waals surface area contributed by atoms with E-state index in [9.17, 15) is 4.79 Å². The van der Waals surface area contributed by atoms with Gasteiger partial charge in [0.25, 0.3) is 0 Å². The predicted molar refractivity (Wildman–Crippen MR) is 108 cm³/mol.